The highest BCUT2D eigenvalue weighted by Crippen LogP contribution is 2.25. The van der Waals surface area contributed by atoms with Gasteiger partial charge < -0.3 is 16.0 Å². The molecule has 1 saturated heterocycles. The van der Waals surface area contributed by atoms with E-state index in [1.807, 2.05) is 49.4 Å². The number of nitrogens with one attached hydrogen (secondary N) is 1. The van der Waals surface area contributed by atoms with Crippen LogP contribution in [0, 0.1) is 6.92 Å². The first-order valence-corrected chi connectivity index (χ1v) is 11.5. The number of aromatic nitrogens is 2. The first kappa shape index (κ1) is 21.8. The van der Waals surface area contributed by atoms with E-state index in [4.69, 9.17) is 10.7 Å². The van der Waals surface area contributed by atoms with Gasteiger partial charge >= 0.3 is 0 Å². The highest BCUT2D eigenvalue weighted by Gasteiger charge is 2.23. The van der Waals surface area contributed by atoms with E-state index in [1.165, 1.54) is 11.1 Å². The summed E-state index contributed by atoms with van der Waals surface area (Å²) in [5.41, 5.74) is 11.1. The molecule has 1 fully saturated rings. The Bertz CT molecular complexity index is 1300. The van der Waals surface area contributed by atoms with Crippen LogP contribution in [-0.4, -0.2) is 35.4 Å². The van der Waals surface area contributed by atoms with Crippen LogP contribution in [-0.2, 0) is 0 Å². The van der Waals surface area contributed by atoms with Crippen molar-refractivity contribution in [2.24, 2.45) is 0 Å². The van der Waals surface area contributed by atoms with Crippen LogP contribution in [0.5, 0.6) is 0 Å². The quantitative estimate of drug-likeness (QED) is 0.439. The molecule has 1 aliphatic rings. The third-order valence-corrected chi connectivity index (χ3v) is 6.22. The van der Waals surface area contributed by atoms with E-state index in [2.05, 4.69) is 39.5 Å². The number of nitrogen functional groups attached to an aromatic ring is 1. The second-order valence-corrected chi connectivity index (χ2v) is 8.60. The van der Waals surface area contributed by atoms with Gasteiger partial charge in [0.2, 0.25) is 5.78 Å². The summed E-state index contributed by atoms with van der Waals surface area (Å²) in [6, 6.07) is 26.1. The Morgan fingerprint density at radius 1 is 1.00 bits per heavy atom. The van der Waals surface area contributed by atoms with Crippen molar-refractivity contribution in [2.45, 2.75) is 13.0 Å². The molecule has 1 unspecified atom stereocenters. The molecule has 1 aliphatic heterocycles. The normalized spacial score (nSPS) is 15.8. The summed E-state index contributed by atoms with van der Waals surface area (Å²) in [5, 5.41) is 3.57. The molecule has 5 rings (SSSR count). The van der Waals surface area contributed by atoms with E-state index in [-0.39, 0.29) is 17.6 Å². The van der Waals surface area contributed by atoms with Crippen molar-refractivity contribution in [1.82, 2.24) is 15.3 Å². The molecule has 3 N–H and O–H groups in total. The van der Waals surface area contributed by atoms with E-state index < -0.39 is 0 Å². The van der Waals surface area contributed by atoms with Crippen LogP contribution >= 0.6 is 0 Å². The van der Waals surface area contributed by atoms with Crippen LogP contribution in [0.4, 0.5) is 11.6 Å². The smallest absolute Gasteiger partial charge is 0.215 e. The van der Waals surface area contributed by atoms with Gasteiger partial charge in [-0.3, -0.25) is 4.79 Å². The number of nitrogens with two attached hydrogens (primary N) is 1. The minimum atomic E-state index is -0.226. The number of piperazine rings is 1. The summed E-state index contributed by atoms with van der Waals surface area (Å²) < 4.78 is 0. The molecule has 4 aromatic rings. The van der Waals surface area contributed by atoms with Crippen molar-refractivity contribution >= 4 is 17.4 Å². The summed E-state index contributed by atoms with van der Waals surface area (Å²) in [6.45, 7) is 4.48. The maximum Gasteiger partial charge on any atom is 0.215 e. The molecule has 0 radical (unpaired) electrons. The van der Waals surface area contributed by atoms with E-state index in [0.29, 0.717) is 11.3 Å². The molecule has 0 saturated carbocycles. The summed E-state index contributed by atoms with van der Waals surface area (Å²) >= 11 is 0. The van der Waals surface area contributed by atoms with Crippen molar-refractivity contribution in [3.63, 3.8) is 0 Å². The predicted octanol–water partition coefficient (Wildman–Crippen LogP) is 4.42. The van der Waals surface area contributed by atoms with Crippen LogP contribution in [0.1, 0.15) is 33.2 Å². The zero-order valence-electron chi connectivity index (χ0n) is 19.1. The number of carbonyl (C=O) groups is 1. The van der Waals surface area contributed by atoms with Crippen molar-refractivity contribution in [3.05, 3.63) is 107 Å². The van der Waals surface area contributed by atoms with E-state index >= 15 is 0 Å². The first-order valence-electron chi connectivity index (χ1n) is 11.5. The second-order valence-electron chi connectivity index (χ2n) is 8.60. The van der Waals surface area contributed by atoms with Gasteiger partial charge in [0.25, 0.3) is 0 Å². The molecular formula is C28H27N5O. The second kappa shape index (κ2) is 9.45. The Morgan fingerprint density at radius 3 is 2.59 bits per heavy atom. The van der Waals surface area contributed by atoms with Gasteiger partial charge in [-0.15, -0.1) is 0 Å². The lowest BCUT2D eigenvalue weighted by atomic mass is 10.0. The summed E-state index contributed by atoms with van der Waals surface area (Å²) in [4.78, 5) is 24.6. The Morgan fingerprint density at radius 2 is 1.79 bits per heavy atom. The summed E-state index contributed by atoms with van der Waals surface area (Å²) in [6.07, 6.45) is 1.70. The molecule has 1 atom stereocenters. The van der Waals surface area contributed by atoms with Gasteiger partial charge in [0, 0.05) is 37.4 Å². The first-order chi connectivity index (χ1) is 16.6. The predicted molar refractivity (Wildman–Crippen MR) is 136 cm³/mol. The zero-order valence-corrected chi connectivity index (χ0v) is 19.1. The van der Waals surface area contributed by atoms with Gasteiger partial charge in [-0.05, 0) is 36.2 Å². The van der Waals surface area contributed by atoms with Gasteiger partial charge in [0.15, 0.2) is 0 Å². The molecule has 0 bridgehead atoms. The fourth-order valence-electron chi connectivity index (χ4n) is 4.29. The topological polar surface area (TPSA) is 84.1 Å². The molecular weight excluding hydrogens is 422 g/mol. The van der Waals surface area contributed by atoms with Crippen LogP contribution in [0.25, 0.3) is 11.1 Å². The molecule has 0 amide bonds. The fourth-order valence-corrected chi connectivity index (χ4v) is 4.29. The Labute approximate surface area is 199 Å². The van der Waals surface area contributed by atoms with Crippen LogP contribution < -0.4 is 16.0 Å². The maximum absolute atomic E-state index is 13.4. The van der Waals surface area contributed by atoms with Gasteiger partial charge in [-0.2, -0.15) is 0 Å². The lowest BCUT2D eigenvalue weighted by Gasteiger charge is -2.35. The molecule has 34 heavy (non-hydrogen) atoms. The molecule has 0 aliphatic carbocycles. The van der Waals surface area contributed by atoms with Crippen LogP contribution in [0.2, 0.25) is 0 Å². The standard InChI is InChI=1S/C28H27N5O/c1-19-10-12-20(13-11-19)22-16-23(28(29)31-17-22)27(34)24-8-5-9-26(32-24)33-15-14-30-25(18-33)21-6-3-2-4-7-21/h2-13,16-17,25,30H,14-15,18H2,1H3,(H2,29,31). The number of anilines is 2. The molecule has 3 heterocycles. The van der Waals surface area contributed by atoms with Gasteiger partial charge in [-0.1, -0.05) is 66.2 Å². The number of nitrogens with zero attached hydrogens (tertiary/aromatic N) is 3. The molecule has 6 nitrogen and oxygen atoms in total. The number of pyridine rings is 2. The molecule has 6 heteroatoms. The monoisotopic (exact) mass is 449 g/mol. The van der Waals surface area contributed by atoms with Crippen molar-refractivity contribution < 1.29 is 4.79 Å². The van der Waals surface area contributed by atoms with Crippen molar-refractivity contribution in [2.75, 3.05) is 30.3 Å². The Kier molecular flexibility index (Phi) is 6.06. The lowest BCUT2D eigenvalue weighted by molar-refractivity contribution is 0.103. The lowest BCUT2D eigenvalue weighted by Crippen LogP contribution is -2.46. The van der Waals surface area contributed by atoms with E-state index in [0.717, 1.165) is 36.6 Å². The average molecular weight is 450 g/mol. The minimum Gasteiger partial charge on any atom is -0.383 e. The SMILES string of the molecule is Cc1ccc(-c2cnc(N)c(C(=O)c3cccc(N4CCNC(c5ccccc5)C4)n3)c2)cc1. The molecule has 0 spiro atoms. The highest BCUT2D eigenvalue weighted by molar-refractivity contribution is 6.11. The Hall–Kier alpha value is -4.03. The van der Waals surface area contributed by atoms with Gasteiger partial charge in [0.1, 0.15) is 17.3 Å². The summed E-state index contributed by atoms with van der Waals surface area (Å²) in [7, 11) is 0. The van der Waals surface area contributed by atoms with Gasteiger partial charge in [-0.25, -0.2) is 9.97 Å². The maximum atomic E-state index is 13.4. The van der Waals surface area contributed by atoms with E-state index in [9.17, 15) is 4.79 Å². The van der Waals surface area contributed by atoms with Gasteiger partial charge in [0.05, 0.1) is 5.56 Å². The third-order valence-electron chi connectivity index (χ3n) is 6.22. The number of rotatable bonds is 5. The molecule has 170 valence electrons. The number of hydrogen-bond donors (Lipinski definition) is 2. The number of benzene rings is 2. The highest BCUT2D eigenvalue weighted by atomic mass is 16.1. The number of carbonyl (C=O) groups excluding carboxylic acids is 1. The third kappa shape index (κ3) is 4.54. The number of aryl methyl sites for hydroxylation is 1. The number of ketones is 1. The van der Waals surface area contributed by atoms with Crippen molar-refractivity contribution in [3.8, 4) is 11.1 Å². The van der Waals surface area contributed by atoms with Crippen LogP contribution in [0.15, 0.2) is 85.1 Å². The molecule has 2 aromatic heterocycles. The fraction of sp³-hybridized carbons (Fsp3) is 0.179. The Balaban J connectivity index is 1.41. The summed E-state index contributed by atoms with van der Waals surface area (Å²) in [5.74, 6) is 0.768. The van der Waals surface area contributed by atoms with E-state index in [1.54, 1.807) is 18.3 Å². The minimum absolute atomic E-state index is 0.208. The number of hydrogen-bond acceptors (Lipinski definition) is 6. The average Bonchev–Trinajstić information content (AvgIpc) is 2.90. The van der Waals surface area contributed by atoms with Crippen LogP contribution in [0.3, 0.4) is 0 Å². The largest absolute Gasteiger partial charge is 0.383 e. The van der Waals surface area contributed by atoms with Crippen molar-refractivity contribution in [1.29, 1.82) is 0 Å². The molecule has 2 aromatic carbocycles. The zero-order chi connectivity index (χ0) is 23.5.